The highest BCUT2D eigenvalue weighted by Crippen LogP contribution is 2.27. The van der Waals surface area contributed by atoms with Crippen LogP contribution in [0.4, 0.5) is 4.39 Å². The van der Waals surface area contributed by atoms with E-state index in [0.717, 1.165) is 11.1 Å². The molecule has 1 unspecified atom stereocenters. The Morgan fingerprint density at radius 2 is 2.11 bits per heavy atom. The van der Waals surface area contributed by atoms with E-state index in [2.05, 4.69) is 10.3 Å². The van der Waals surface area contributed by atoms with Gasteiger partial charge in [-0.25, -0.2) is 4.39 Å². The van der Waals surface area contributed by atoms with Crippen molar-refractivity contribution in [2.45, 2.75) is 13.0 Å². The van der Waals surface area contributed by atoms with Crippen LogP contribution in [-0.2, 0) is 0 Å². The molecule has 0 aliphatic carbocycles. The maximum Gasteiger partial charge on any atom is 0.146 e. The number of nitrogens with zero attached hydrogens (tertiary/aromatic N) is 1. The smallest absolute Gasteiger partial charge is 0.146 e. The first-order chi connectivity index (χ1) is 8.63. The predicted octanol–water partition coefficient (Wildman–Crippen LogP) is 3.49. The second-order valence-electron chi connectivity index (χ2n) is 4.13. The van der Waals surface area contributed by atoms with Crippen molar-refractivity contribution in [1.82, 2.24) is 10.3 Å². The third kappa shape index (κ3) is 2.52. The summed E-state index contributed by atoms with van der Waals surface area (Å²) in [7, 11) is 1.79. The van der Waals surface area contributed by atoms with Crippen molar-refractivity contribution in [1.29, 1.82) is 0 Å². The van der Waals surface area contributed by atoms with Gasteiger partial charge in [0.25, 0.3) is 0 Å². The molecule has 0 aliphatic heterocycles. The molecular weight excluding hydrogens is 251 g/mol. The van der Waals surface area contributed by atoms with Gasteiger partial charge < -0.3 is 5.32 Å². The molecule has 94 valence electrons. The van der Waals surface area contributed by atoms with Crippen LogP contribution in [0.5, 0.6) is 0 Å². The summed E-state index contributed by atoms with van der Waals surface area (Å²) < 4.78 is 13.8. The molecule has 2 rings (SSSR count). The zero-order valence-corrected chi connectivity index (χ0v) is 11.0. The number of aromatic nitrogens is 1. The molecule has 1 heterocycles. The lowest BCUT2D eigenvalue weighted by Gasteiger charge is -2.18. The van der Waals surface area contributed by atoms with Crippen molar-refractivity contribution in [2.75, 3.05) is 7.05 Å². The Labute approximate surface area is 111 Å². The second kappa shape index (κ2) is 5.46. The van der Waals surface area contributed by atoms with Crippen molar-refractivity contribution in [3.05, 3.63) is 64.2 Å². The van der Waals surface area contributed by atoms with Crippen LogP contribution in [0.3, 0.4) is 0 Å². The van der Waals surface area contributed by atoms with Crippen LogP contribution in [0.2, 0.25) is 5.02 Å². The summed E-state index contributed by atoms with van der Waals surface area (Å²) in [5.41, 5.74) is 2.50. The number of benzene rings is 1. The lowest BCUT2D eigenvalue weighted by atomic mass is 9.98. The van der Waals surface area contributed by atoms with E-state index in [9.17, 15) is 4.39 Å². The summed E-state index contributed by atoms with van der Waals surface area (Å²) in [6.45, 7) is 1.94. The van der Waals surface area contributed by atoms with E-state index in [1.165, 1.54) is 6.20 Å². The van der Waals surface area contributed by atoms with Crippen molar-refractivity contribution < 1.29 is 4.39 Å². The minimum absolute atomic E-state index is 0.230. The van der Waals surface area contributed by atoms with Crippen LogP contribution in [-0.4, -0.2) is 12.0 Å². The Balaban J connectivity index is 2.45. The summed E-state index contributed by atoms with van der Waals surface area (Å²) in [6.07, 6.45) is 2.80. The topological polar surface area (TPSA) is 24.9 Å². The largest absolute Gasteiger partial charge is 0.309 e. The highest BCUT2D eigenvalue weighted by atomic mass is 35.5. The van der Waals surface area contributed by atoms with Crippen LogP contribution in [0, 0.1) is 12.7 Å². The van der Waals surface area contributed by atoms with E-state index in [0.29, 0.717) is 10.6 Å². The minimum Gasteiger partial charge on any atom is -0.309 e. The first-order valence-electron chi connectivity index (χ1n) is 5.66. The Morgan fingerprint density at radius 1 is 1.33 bits per heavy atom. The average Bonchev–Trinajstić information content (AvgIpc) is 2.37. The molecule has 0 amide bonds. The first kappa shape index (κ1) is 13.0. The van der Waals surface area contributed by atoms with E-state index < -0.39 is 0 Å². The number of nitrogens with one attached hydrogen (secondary N) is 1. The van der Waals surface area contributed by atoms with Crippen molar-refractivity contribution >= 4 is 11.6 Å². The fraction of sp³-hybridized carbons (Fsp3) is 0.214. The van der Waals surface area contributed by atoms with Gasteiger partial charge >= 0.3 is 0 Å². The van der Waals surface area contributed by atoms with Crippen LogP contribution in [0.15, 0.2) is 36.7 Å². The van der Waals surface area contributed by atoms with Crippen LogP contribution < -0.4 is 5.32 Å². The summed E-state index contributed by atoms with van der Waals surface area (Å²) in [6, 6.07) is 7.18. The van der Waals surface area contributed by atoms with E-state index in [4.69, 9.17) is 11.6 Å². The molecule has 0 saturated carbocycles. The SMILES string of the molecule is CNC(c1ccc(C)c(Cl)c1)c1ccncc1F. The Bertz CT molecular complexity index is 557. The van der Waals surface area contributed by atoms with E-state index in [-0.39, 0.29) is 11.9 Å². The molecule has 2 aromatic rings. The van der Waals surface area contributed by atoms with Crippen molar-refractivity contribution in [3.63, 3.8) is 0 Å². The molecule has 1 atom stereocenters. The summed E-state index contributed by atoms with van der Waals surface area (Å²) >= 11 is 6.11. The molecule has 0 saturated heterocycles. The number of halogens is 2. The molecule has 2 nitrogen and oxygen atoms in total. The second-order valence-corrected chi connectivity index (χ2v) is 4.53. The Hall–Kier alpha value is -1.45. The zero-order valence-electron chi connectivity index (χ0n) is 10.2. The molecule has 18 heavy (non-hydrogen) atoms. The summed E-state index contributed by atoms with van der Waals surface area (Å²) in [5, 5.41) is 3.78. The Kier molecular flexibility index (Phi) is 3.94. The van der Waals surface area contributed by atoms with Crippen LogP contribution in [0.25, 0.3) is 0 Å². The van der Waals surface area contributed by atoms with Gasteiger partial charge in [-0.3, -0.25) is 4.98 Å². The number of hydrogen-bond acceptors (Lipinski definition) is 2. The number of pyridine rings is 1. The number of hydrogen-bond donors (Lipinski definition) is 1. The maximum atomic E-state index is 13.8. The van der Waals surface area contributed by atoms with Gasteiger partial charge in [-0.1, -0.05) is 23.7 Å². The lowest BCUT2D eigenvalue weighted by Crippen LogP contribution is -2.19. The number of rotatable bonds is 3. The fourth-order valence-electron chi connectivity index (χ4n) is 1.91. The van der Waals surface area contributed by atoms with Crippen LogP contribution in [0.1, 0.15) is 22.7 Å². The lowest BCUT2D eigenvalue weighted by molar-refractivity contribution is 0.571. The third-order valence-electron chi connectivity index (χ3n) is 2.93. The average molecular weight is 265 g/mol. The van der Waals surface area contributed by atoms with E-state index in [1.54, 1.807) is 19.3 Å². The molecule has 0 aliphatic rings. The highest BCUT2D eigenvalue weighted by molar-refractivity contribution is 6.31. The molecule has 0 spiro atoms. The highest BCUT2D eigenvalue weighted by Gasteiger charge is 2.16. The first-order valence-corrected chi connectivity index (χ1v) is 6.04. The minimum atomic E-state index is -0.325. The molecule has 0 radical (unpaired) electrons. The van der Waals surface area contributed by atoms with Crippen molar-refractivity contribution in [2.24, 2.45) is 0 Å². The molecule has 1 aromatic carbocycles. The molecular formula is C14H14ClFN2. The third-order valence-corrected chi connectivity index (χ3v) is 3.34. The monoisotopic (exact) mass is 264 g/mol. The van der Waals surface area contributed by atoms with Gasteiger partial charge in [0.1, 0.15) is 5.82 Å². The van der Waals surface area contributed by atoms with Gasteiger partial charge in [0.2, 0.25) is 0 Å². The maximum absolute atomic E-state index is 13.8. The molecule has 0 bridgehead atoms. The van der Waals surface area contributed by atoms with Gasteiger partial charge in [-0.05, 0) is 37.2 Å². The molecule has 4 heteroatoms. The van der Waals surface area contributed by atoms with Gasteiger partial charge in [0.15, 0.2) is 0 Å². The summed E-state index contributed by atoms with van der Waals surface area (Å²) in [4.78, 5) is 3.76. The van der Waals surface area contributed by atoms with Gasteiger partial charge in [0.05, 0.1) is 12.2 Å². The zero-order chi connectivity index (χ0) is 13.1. The van der Waals surface area contributed by atoms with E-state index in [1.807, 2.05) is 25.1 Å². The predicted molar refractivity (Wildman–Crippen MR) is 71.3 cm³/mol. The van der Waals surface area contributed by atoms with E-state index >= 15 is 0 Å². The van der Waals surface area contributed by atoms with Gasteiger partial charge in [-0.15, -0.1) is 0 Å². The molecule has 0 fully saturated rings. The van der Waals surface area contributed by atoms with Gasteiger partial charge in [-0.2, -0.15) is 0 Å². The summed E-state index contributed by atoms with van der Waals surface area (Å²) in [5.74, 6) is -0.325. The number of aryl methyl sites for hydroxylation is 1. The quantitative estimate of drug-likeness (QED) is 0.918. The van der Waals surface area contributed by atoms with Gasteiger partial charge in [0, 0.05) is 16.8 Å². The molecule has 1 N–H and O–H groups in total. The van der Waals surface area contributed by atoms with Crippen molar-refractivity contribution in [3.8, 4) is 0 Å². The van der Waals surface area contributed by atoms with Crippen LogP contribution >= 0.6 is 11.6 Å². The molecule has 1 aromatic heterocycles. The standard InChI is InChI=1S/C14H14ClFN2/c1-9-3-4-10(7-12(9)15)14(17-2)11-5-6-18-8-13(11)16/h3-8,14,17H,1-2H3. The normalized spacial score (nSPS) is 12.4. The Morgan fingerprint density at radius 3 is 2.72 bits per heavy atom. The fourth-order valence-corrected chi connectivity index (χ4v) is 2.10.